The van der Waals surface area contributed by atoms with Crippen molar-refractivity contribution >= 4 is 11.6 Å². The zero-order chi connectivity index (χ0) is 16.2. The highest BCUT2D eigenvalue weighted by Crippen LogP contribution is 2.19. The van der Waals surface area contributed by atoms with E-state index < -0.39 is 0 Å². The summed E-state index contributed by atoms with van der Waals surface area (Å²) in [7, 11) is 0. The molecule has 2 aromatic rings. The first-order chi connectivity index (χ1) is 11.1. The van der Waals surface area contributed by atoms with Crippen LogP contribution in [0.15, 0.2) is 48.5 Å². The van der Waals surface area contributed by atoms with E-state index >= 15 is 0 Å². The number of likely N-dealkylation sites (tertiary alicyclic amines) is 1. The molecule has 0 unspecified atom stereocenters. The van der Waals surface area contributed by atoms with Gasteiger partial charge in [-0.15, -0.1) is 0 Å². The van der Waals surface area contributed by atoms with Crippen molar-refractivity contribution in [3.8, 4) is 0 Å². The number of anilines is 1. The molecule has 0 atom stereocenters. The number of carbonyl (C=O) groups is 1. The molecular weight excluding hydrogens is 284 g/mol. The molecule has 120 valence electrons. The first-order valence-corrected chi connectivity index (χ1v) is 8.31. The van der Waals surface area contributed by atoms with Gasteiger partial charge in [0.2, 0.25) is 0 Å². The smallest absolute Gasteiger partial charge is 0.253 e. The Balaban J connectivity index is 1.58. The molecule has 0 aromatic heterocycles. The van der Waals surface area contributed by atoms with Crippen LogP contribution in [0.25, 0.3) is 0 Å². The predicted octanol–water partition coefficient (Wildman–Crippen LogP) is 4.02. The predicted molar refractivity (Wildman–Crippen MR) is 94.9 cm³/mol. The number of hydrogen-bond acceptors (Lipinski definition) is 2. The number of aryl methyl sites for hydroxylation is 2. The summed E-state index contributed by atoms with van der Waals surface area (Å²) in [4.78, 5) is 14.6. The SMILES string of the molecule is Cc1ccc(C(=O)N2CCC(Nc3ccccc3)CC2)cc1C. The molecule has 0 spiro atoms. The number of amides is 1. The van der Waals surface area contributed by atoms with E-state index in [1.54, 1.807) is 0 Å². The third kappa shape index (κ3) is 3.73. The van der Waals surface area contributed by atoms with Gasteiger partial charge in [0, 0.05) is 30.4 Å². The molecule has 1 aliphatic heterocycles. The quantitative estimate of drug-likeness (QED) is 0.929. The van der Waals surface area contributed by atoms with Crippen LogP contribution in [0.1, 0.15) is 34.3 Å². The standard InChI is InChI=1S/C20H24N2O/c1-15-8-9-17(14-16(15)2)20(23)22-12-10-19(11-13-22)21-18-6-4-3-5-7-18/h3-9,14,19,21H,10-13H2,1-2H3. The van der Waals surface area contributed by atoms with Crippen LogP contribution in [0.4, 0.5) is 5.69 Å². The van der Waals surface area contributed by atoms with Crippen molar-refractivity contribution in [1.82, 2.24) is 4.90 Å². The van der Waals surface area contributed by atoms with Crippen LogP contribution in [0.3, 0.4) is 0 Å². The Hall–Kier alpha value is -2.29. The number of hydrogen-bond donors (Lipinski definition) is 1. The van der Waals surface area contributed by atoms with Crippen molar-refractivity contribution in [1.29, 1.82) is 0 Å². The van der Waals surface area contributed by atoms with Gasteiger partial charge in [0.25, 0.3) is 5.91 Å². The zero-order valence-corrected chi connectivity index (χ0v) is 13.9. The van der Waals surface area contributed by atoms with Gasteiger partial charge in [-0.1, -0.05) is 24.3 Å². The molecule has 1 amide bonds. The monoisotopic (exact) mass is 308 g/mol. The van der Waals surface area contributed by atoms with E-state index in [0.29, 0.717) is 6.04 Å². The largest absolute Gasteiger partial charge is 0.382 e. The van der Waals surface area contributed by atoms with Crippen molar-refractivity contribution in [2.24, 2.45) is 0 Å². The van der Waals surface area contributed by atoms with E-state index in [0.717, 1.165) is 37.2 Å². The molecule has 23 heavy (non-hydrogen) atoms. The fourth-order valence-corrected chi connectivity index (χ4v) is 3.05. The molecule has 3 rings (SSSR count). The van der Waals surface area contributed by atoms with Gasteiger partial charge < -0.3 is 10.2 Å². The molecule has 2 aromatic carbocycles. The summed E-state index contributed by atoms with van der Waals surface area (Å²) >= 11 is 0. The normalized spacial score (nSPS) is 15.5. The lowest BCUT2D eigenvalue weighted by Gasteiger charge is -2.33. The second-order valence-corrected chi connectivity index (χ2v) is 6.38. The minimum absolute atomic E-state index is 0.159. The maximum Gasteiger partial charge on any atom is 0.253 e. The summed E-state index contributed by atoms with van der Waals surface area (Å²) in [5, 5.41) is 3.56. The van der Waals surface area contributed by atoms with Gasteiger partial charge >= 0.3 is 0 Å². The lowest BCUT2D eigenvalue weighted by Crippen LogP contribution is -2.42. The fraction of sp³-hybridized carbons (Fsp3) is 0.350. The van der Waals surface area contributed by atoms with Crippen LogP contribution in [-0.2, 0) is 0 Å². The van der Waals surface area contributed by atoms with Crippen LogP contribution in [0.2, 0.25) is 0 Å². The molecule has 0 bridgehead atoms. The van der Waals surface area contributed by atoms with Crippen LogP contribution in [0.5, 0.6) is 0 Å². The Labute approximate surface area is 138 Å². The number of rotatable bonds is 3. The average molecular weight is 308 g/mol. The highest BCUT2D eigenvalue weighted by molar-refractivity contribution is 5.94. The molecule has 0 radical (unpaired) electrons. The maximum absolute atomic E-state index is 12.6. The third-order valence-electron chi connectivity index (χ3n) is 4.68. The van der Waals surface area contributed by atoms with Crippen molar-refractivity contribution in [3.05, 3.63) is 65.2 Å². The van der Waals surface area contributed by atoms with E-state index in [1.807, 2.05) is 41.3 Å². The zero-order valence-electron chi connectivity index (χ0n) is 13.9. The van der Waals surface area contributed by atoms with E-state index in [1.165, 1.54) is 11.1 Å². The van der Waals surface area contributed by atoms with Gasteiger partial charge in [0.05, 0.1) is 0 Å². The van der Waals surface area contributed by atoms with Crippen molar-refractivity contribution in [2.45, 2.75) is 32.7 Å². The van der Waals surface area contributed by atoms with Gasteiger partial charge in [0.1, 0.15) is 0 Å². The van der Waals surface area contributed by atoms with Gasteiger partial charge in [0.15, 0.2) is 0 Å². The Morgan fingerprint density at radius 1 is 1.00 bits per heavy atom. The summed E-state index contributed by atoms with van der Waals surface area (Å²) in [5.41, 5.74) is 4.37. The van der Waals surface area contributed by atoms with Crippen molar-refractivity contribution < 1.29 is 4.79 Å². The molecule has 1 aliphatic rings. The van der Waals surface area contributed by atoms with Crippen LogP contribution < -0.4 is 5.32 Å². The highest BCUT2D eigenvalue weighted by atomic mass is 16.2. The van der Waals surface area contributed by atoms with E-state index in [-0.39, 0.29) is 5.91 Å². The maximum atomic E-state index is 12.6. The van der Waals surface area contributed by atoms with E-state index in [4.69, 9.17) is 0 Å². The van der Waals surface area contributed by atoms with Gasteiger partial charge in [-0.05, 0) is 62.1 Å². The number of benzene rings is 2. The summed E-state index contributed by atoms with van der Waals surface area (Å²) in [6.45, 7) is 5.76. The molecule has 1 saturated heterocycles. The van der Waals surface area contributed by atoms with Crippen LogP contribution >= 0.6 is 0 Å². The van der Waals surface area contributed by atoms with Crippen molar-refractivity contribution in [2.75, 3.05) is 18.4 Å². The Kier molecular flexibility index (Phi) is 4.65. The highest BCUT2D eigenvalue weighted by Gasteiger charge is 2.23. The second-order valence-electron chi connectivity index (χ2n) is 6.38. The molecule has 3 nitrogen and oxygen atoms in total. The number of piperidine rings is 1. The van der Waals surface area contributed by atoms with Gasteiger partial charge in [-0.2, -0.15) is 0 Å². The first kappa shape index (κ1) is 15.6. The summed E-state index contributed by atoms with van der Waals surface area (Å²) < 4.78 is 0. The van der Waals surface area contributed by atoms with Crippen LogP contribution in [0, 0.1) is 13.8 Å². The minimum atomic E-state index is 0.159. The summed E-state index contributed by atoms with van der Waals surface area (Å²) in [6.07, 6.45) is 1.98. The summed E-state index contributed by atoms with van der Waals surface area (Å²) in [6, 6.07) is 16.7. The Morgan fingerprint density at radius 3 is 2.35 bits per heavy atom. The fourth-order valence-electron chi connectivity index (χ4n) is 3.05. The first-order valence-electron chi connectivity index (χ1n) is 8.31. The second kappa shape index (κ2) is 6.86. The van der Waals surface area contributed by atoms with E-state index in [2.05, 4.69) is 31.3 Å². The topological polar surface area (TPSA) is 32.3 Å². The molecular formula is C20H24N2O. The Bertz CT molecular complexity index is 673. The van der Waals surface area contributed by atoms with E-state index in [9.17, 15) is 4.79 Å². The molecule has 1 heterocycles. The van der Waals surface area contributed by atoms with Crippen LogP contribution in [-0.4, -0.2) is 29.9 Å². The lowest BCUT2D eigenvalue weighted by molar-refractivity contribution is 0.0718. The third-order valence-corrected chi connectivity index (χ3v) is 4.68. The number of nitrogens with one attached hydrogen (secondary N) is 1. The van der Waals surface area contributed by atoms with Gasteiger partial charge in [-0.3, -0.25) is 4.79 Å². The molecule has 0 saturated carbocycles. The molecule has 1 fully saturated rings. The lowest BCUT2D eigenvalue weighted by atomic mass is 10.0. The summed E-state index contributed by atoms with van der Waals surface area (Å²) in [5.74, 6) is 0.159. The number of carbonyl (C=O) groups excluding carboxylic acids is 1. The van der Waals surface area contributed by atoms with Crippen molar-refractivity contribution in [3.63, 3.8) is 0 Å². The number of para-hydroxylation sites is 1. The average Bonchev–Trinajstić information content (AvgIpc) is 2.58. The minimum Gasteiger partial charge on any atom is -0.382 e. The molecule has 3 heteroatoms. The van der Waals surface area contributed by atoms with Gasteiger partial charge in [-0.25, -0.2) is 0 Å². The number of nitrogens with zero attached hydrogens (tertiary/aromatic N) is 1. The Morgan fingerprint density at radius 2 is 1.70 bits per heavy atom. The molecule has 0 aliphatic carbocycles. The molecule has 1 N–H and O–H groups in total.